The molecular formula is C28H37N3O5. The molecular weight excluding hydrogens is 458 g/mol. The second kappa shape index (κ2) is 12.2. The van der Waals surface area contributed by atoms with Gasteiger partial charge in [-0.15, -0.1) is 0 Å². The Morgan fingerprint density at radius 1 is 1.11 bits per heavy atom. The van der Waals surface area contributed by atoms with E-state index in [1.165, 1.54) is 0 Å². The summed E-state index contributed by atoms with van der Waals surface area (Å²) in [7, 11) is 0. The zero-order chi connectivity index (χ0) is 25.5. The number of carbonyl (C=O) groups excluding carboxylic acids is 2. The largest absolute Gasteiger partial charge is 0.489 e. The van der Waals surface area contributed by atoms with Gasteiger partial charge in [0.25, 0.3) is 5.91 Å². The minimum absolute atomic E-state index is 0.0533. The average molecular weight is 496 g/mol. The average Bonchev–Trinajstić information content (AvgIpc) is 3.07. The van der Waals surface area contributed by atoms with E-state index >= 15 is 0 Å². The van der Waals surface area contributed by atoms with Crippen LogP contribution in [0.25, 0.3) is 0 Å². The smallest absolute Gasteiger partial charge is 0.255 e. The molecule has 36 heavy (non-hydrogen) atoms. The van der Waals surface area contributed by atoms with Crippen LogP contribution in [0, 0.1) is 5.92 Å². The van der Waals surface area contributed by atoms with Gasteiger partial charge in [-0.25, -0.2) is 0 Å². The molecule has 0 saturated carbocycles. The first kappa shape index (κ1) is 26.0. The SMILES string of the molecule is CC(C)CN1C(=O)CO[C@H]2CCN(Cc3cc(OCc4ccccc4)ccc3OCC(N)=O)CC[C@@H]21. The number of hydrogen-bond acceptors (Lipinski definition) is 6. The molecule has 0 radical (unpaired) electrons. The van der Waals surface area contributed by atoms with Crippen molar-refractivity contribution < 1.29 is 23.8 Å². The van der Waals surface area contributed by atoms with Gasteiger partial charge in [0.05, 0.1) is 12.1 Å². The van der Waals surface area contributed by atoms with Crippen molar-refractivity contribution in [2.75, 3.05) is 32.8 Å². The molecule has 2 amide bonds. The predicted molar refractivity (Wildman–Crippen MR) is 136 cm³/mol. The number of likely N-dealkylation sites (tertiary alicyclic amines) is 1. The van der Waals surface area contributed by atoms with E-state index in [9.17, 15) is 9.59 Å². The highest BCUT2D eigenvalue weighted by molar-refractivity contribution is 5.78. The molecule has 0 aromatic heterocycles. The molecule has 194 valence electrons. The van der Waals surface area contributed by atoms with Crippen molar-refractivity contribution >= 4 is 11.8 Å². The Bertz CT molecular complexity index is 1030. The summed E-state index contributed by atoms with van der Waals surface area (Å²) in [6.45, 7) is 7.80. The van der Waals surface area contributed by atoms with Gasteiger partial charge in [-0.1, -0.05) is 44.2 Å². The van der Waals surface area contributed by atoms with Crippen molar-refractivity contribution in [1.29, 1.82) is 0 Å². The quantitative estimate of drug-likeness (QED) is 0.545. The molecule has 0 bridgehead atoms. The lowest BCUT2D eigenvalue weighted by Gasteiger charge is -2.41. The van der Waals surface area contributed by atoms with Crippen molar-refractivity contribution in [2.45, 2.75) is 52.0 Å². The number of hydrogen-bond donors (Lipinski definition) is 1. The molecule has 8 heteroatoms. The Hall–Kier alpha value is -3.10. The first-order chi connectivity index (χ1) is 17.4. The minimum Gasteiger partial charge on any atom is -0.489 e. The van der Waals surface area contributed by atoms with E-state index in [1.54, 1.807) is 0 Å². The maximum atomic E-state index is 12.6. The maximum Gasteiger partial charge on any atom is 0.255 e. The fourth-order valence-corrected chi connectivity index (χ4v) is 4.94. The first-order valence-corrected chi connectivity index (χ1v) is 12.7. The molecule has 2 atom stereocenters. The third kappa shape index (κ3) is 6.98. The van der Waals surface area contributed by atoms with Gasteiger partial charge < -0.3 is 24.8 Å². The number of primary amides is 1. The van der Waals surface area contributed by atoms with Gasteiger partial charge in [0.15, 0.2) is 6.61 Å². The van der Waals surface area contributed by atoms with E-state index in [4.69, 9.17) is 19.9 Å². The summed E-state index contributed by atoms with van der Waals surface area (Å²) in [6, 6.07) is 15.8. The van der Waals surface area contributed by atoms with Gasteiger partial charge in [0, 0.05) is 31.7 Å². The highest BCUT2D eigenvalue weighted by Gasteiger charge is 2.38. The van der Waals surface area contributed by atoms with Crippen LogP contribution in [0.5, 0.6) is 11.5 Å². The lowest BCUT2D eigenvalue weighted by atomic mass is 10.0. The number of benzene rings is 2. The van der Waals surface area contributed by atoms with E-state index in [2.05, 4.69) is 18.7 Å². The van der Waals surface area contributed by atoms with Gasteiger partial charge in [-0.2, -0.15) is 0 Å². The van der Waals surface area contributed by atoms with E-state index in [-0.39, 0.29) is 31.3 Å². The molecule has 2 aromatic carbocycles. The third-order valence-corrected chi connectivity index (χ3v) is 6.65. The number of fused-ring (bicyclic) bond motifs is 1. The molecule has 2 aliphatic heterocycles. The minimum atomic E-state index is -0.517. The second-order valence-corrected chi connectivity index (χ2v) is 10.0. The zero-order valence-electron chi connectivity index (χ0n) is 21.2. The van der Waals surface area contributed by atoms with Gasteiger partial charge >= 0.3 is 0 Å². The third-order valence-electron chi connectivity index (χ3n) is 6.65. The lowest BCUT2D eigenvalue weighted by molar-refractivity contribution is -0.158. The fraction of sp³-hybridized carbons (Fsp3) is 0.500. The van der Waals surface area contributed by atoms with Crippen LogP contribution in [0.4, 0.5) is 0 Å². The monoisotopic (exact) mass is 495 g/mol. The molecule has 2 saturated heterocycles. The number of ether oxygens (including phenoxy) is 3. The standard InChI is InChI=1S/C28H37N3O5/c1-20(2)15-31-24-10-12-30(13-11-26(24)36-19-28(31)33)16-22-14-23(8-9-25(22)35-18-27(29)32)34-17-21-6-4-3-5-7-21/h3-9,14,20,24,26H,10-13,15-19H2,1-2H3,(H2,29,32)/t24-,26-/m0/s1. The number of morpholine rings is 1. The summed E-state index contributed by atoms with van der Waals surface area (Å²) in [6.07, 6.45) is 1.76. The summed E-state index contributed by atoms with van der Waals surface area (Å²) < 4.78 is 17.7. The van der Waals surface area contributed by atoms with Crippen LogP contribution in [0.2, 0.25) is 0 Å². The molecule has 8 nitrogen and oxygen atoms in total. The van der Waals surface area contributed by atoms with E-state index < -0.39 is 5.91 Å². The Morgan fingerprint density at radius 3 is 2.64 bits per heavy atom. The summed E-state index contributed by atoms with van der Waals surface area (Å²) in [5, 5.41) is 0. The topological polar surface area (TPSA) is 94.3 Å². The Kier molecular flexibility index (Phi) is 8.83. The number of nitrogens with zero attached hydrogens (tertiary/aromatic N) is 2. The van der Waals surface area contributed by atoms with Gasteiger partial charge in [-0.3, -0.25) is 14.5 Å². The number of amides is 2. The maximum absolute atomic E-state index is 12.6. The highest BCUT2D eigenvalue weighted by atomic mass is 16.5. The van der Waals surface area contributed by atoms with Crippen molar-refractivity contribution in [3.05, 3.63) is 59.7 Å². The van der Waals surface area contributed by atoms with Crippen molar-refractivity contribution in [3.63, 3.8) is 0 Å². The van der Waals surface area contributed by atoms with Crippen molar-refractivity contribution in [2.24, 2.45) is 11.7 Å². The number of rotatable bonds is 10. The Labute approximate surface area is 213 Å². The van der Waals surface area contributed by atoms with Crippen LogP contribution < -0.4 is 15.2 Å². The molecule has 0 spiro atoms. The van der Waals surface area contributed by atoms with Crippen molar-refractivity contribution in [1.82, 2.24) is 9.80 Å². The lowest BCUT2D eigenvalue weighted by Crippen LogP contribution is -2.55. The van der Waals surface area contributed by atoms with Crippen LogP contribution in [0.1, 0.15) is 37.8 Å². The highest BCUT2D eigenvalue weighted by Crippen LogP contribution is 2.30. The summed E-state index contributed by atoms with van der Waals surface area (Å²) in [5.41, 5.74) is 7.34. The molecule has 2 heterocycles. The Balaban J connectivity index is 1.46. The van der Waals surface area contributed by atoms with Gasteiger partial charge in [0.2, 0.25) is 5.91 Å². The van der Waals surface area contributed by atoms with E-state index in [1.807, 2.05) is 53.4 Å². The van der Waals surface area contributed by atoms with Crippen LogP contribution in [-0.2, 0) is 27.5 Å². The van der Waals surface area contributed by atoms with Crippen molar-refractivity contribution in [3.8, 4) is 11.5 Å². The summed E-state index contributed by atoms with van der Waals surface area (Å²) in [4.78, 5) is 28.3. The van der Waals surface area contributed by atoms with Gasteiger partial charge in [-0.05, 0) is 42.5 Å². The van der Waals surface area contributed by atoms with Gasteiger partial charge in [0.1, 0.15) is 24.7 Å². The number of carbonyl (C=O) groups is 2. The van der Waals surface area contributed by atoms with E-state index in [0.717, 1.165) is 49.4 Å². The molecule has 2 fully saturated rings. The second-order valence-electron chi connectivity index (χ2n) is 10.0. The molecule has 2 aromatic rings. The van der Waals surface area contributed by atoms with Crippen LogP contribution in [0.15, 0.2) is 48.5 Å². The number of nitrogens with two attached hydrogens (primary N) is 1. The molecule has 2 aliphatic rings. The zero-order valence-corrected chi connectivity index (χ0v) is 21.2. The fourth-order valence-electron chi connectivity index (χ4n) is 4.94. The van der Waals surface area contributed by atoms with Crippen LogP contribution in [-0.4, -0.2) is 66.6 Å². The van der Waals surface area contributed by atoms with Crippen LogP contribution >= 0.6 is 0 Å². The van der Waals surface area contributed by atoms with E-state index in [0.29, 0.717) is 24.8 Å². The molecule has 0 aliphatic carbocycles. The Morgan fingerprint density at radius 2 is 1.89 bits per heavy atom. The first-order valence-electron chi connectivity index (χ1n) is 12.7. The molecule has 4 rings (SSSR count). The molecule has 0 unspecified atom stereocenters. The molecule has 2 N–H and O–H groups in total. The summed E-state index contributed by atoms with van der Waals surface area (Å²) in [5.74, 6) is 1.34. The summed E-state index contributed by atoms with van der Waals surface area (Å²) >= 11 is 0. The predicted octanol–water partition coefficient (Wildman–Crippen LogP) is 2.98. The van der Waals surface area contributed by atoms with Crippen LogP contribution in [0.3, 0.4) is 0 Å². The normalized spacial score (nSPS) is 20.6.